The SMILES string of the molecule is CC(C)c1nccn1CCCn1cnc2cc[nH]c2c1=O. The molecule has 21 heavy (non-hydrogen) atoms. The van der Waals surface area contributed by atoms with Crippen LogP contribution >= 0.6 is 0 Å². The fourth-order valence-corrected chi connectivity index (χ4v) is 2.55. The Morgan fingerprint density at radius 1 is 1.24 bits per heavy atom. The van der Waals surface area contributed by atoms with Crippen LogP contribution in [0.1, 0.15) is 32.0 Å². The van der Waals surface area contributed by atoms with Gasteiger partial charge in [0.1, 0.15) is 11.3 Å². The number of aromatic amines is 1. The van der Waals surface area contributed by atoms with Crippen molar-refractivity contribution in [1.82, 2.24) is 24.1 Å². The standard InChI is InChI=1S/C15H19N5O/c1-11(2)14-17-6-9-19(14)7-3-8-20-10-18-12-4-5-16-13(12)15(20)21/h4-6,9-11,16H,3,7-8H2,1-2H3. The van der Waals surface area contributed by atoms with E-state index in [1.165, 1.54) is 0 Å². The zero-order valence-corrected chi connectivity index (χ0v) is 12.3. The van der Waals surface area contributed by atoms with E-state index in [0.717, 1.165) is 18.8 Å². The topological polar surface area (TPSA) is 68.5 Å². The summed E-state index contributed by atoms with van der Waals surface area (Å²) in [4.78, 5) is 23.8. The van der Waals surface area contributed by atoms with Crippen LogP contribution in [0, 0.1) is 0 Å². The van der Waals surface area contributed by atoms with Gasteiger partial charge in [0, 0.05) is 37.6 Å². The summed E-state index contributed by atoms with van der Waals surface area (Å²) in [7, 11) is 0. The largest absolute Gasteiger partial charge is 0.355 e. The van der Waals surface area contributed by atoms with E-state index < -0.39 is 0 Å². The van der Waals surface area contributed by atoms with E-state index in [-0.39, 0.29) is 5.56 Å². The molecule has 0 radical (unpaired) electrons. The quantitative estimate of drug-likeness (QED) is 0.781. The molecule has 3 heterocycles. The monoisotopic (exact) mass is 285 g/mol. The van der Waals surface area contributed by atoms with Gasteiger partial charge in [0.15, 0.2) is 0 Å². The van der Waals surface area contributed by atoms with Crippen LogP contribution in [-0.4, -0.2) is 24.1 Å². The second kappa shape index (κ2) is 5.55. The molecule has 1 N–H and O–H groups in total. The summed E-state index contributed by atoms with van der Waals surface area (Å²) in [6.07, 6.45) is 8.04. The summed E-state index contributed by atoms with van der Waals surface area (Å²) in [6.45, 7) is 5.76. The first kappa shape index (κ1) is 13.6. The highest BCUT2D eigenvalue weighted by Crippen LogP contribution is 2.12. The molecule has 0 saturated carbocycles. The number of H-pyrrole nitrogens is 1. The normalized spacial score (nSPS) is 11.6. The van der Waals surface area contributed by atoms with Gasteiger partial charge in [-0.2, -0.15) is 0 Å². The van der Waals surface area contributed by atoms with Crippen molar-refractivity contribution in [2.24, 2.45) is 0 Å². The molecule has 0 aliphatic carbocycles. The Morgan fingerprint density at radius 2 is 2.05 bits per heavy atom. The van der Waals surface area contributed by atoms with Gasteiger partial charge in [-0.25, -0.2) is 9.97 Å². The highest BCUT2D eigenvalue weighted by molar-refractivity contribution is 5.73. The van der Waals surface area contributed by atoms with Crippen molar-refractivity contribution in [2.75, 3.05) is 0 Å². The molecular weight excluding hydrogens is 266 g/mol. The van der Waals surface area contributed by atoms with Gasteiger partial charge in [-0.15, -0.1) is 0 Å². The molecule has 0 bridgehead atoms. The van der Waals surface area contributed by atoms with Gasteiger partial charge in [-0.05, 0) is 12.5 Å². The van der Waals surface area contributed by atoms with Crippen molar-refractivity contribution < 1.29 is 0 Å². The van der Waals surface area contributed by atoms with E-state index in [9.17, 15) is 4.79 Å². The molecule has 3 rings (SSSR count). The predicted octanol–water partition coefficient (Wildman–Crippen LogP) is 2.13. The highest BCUT2D eigenvalue weighted by atomic mass is 16.1. The number of aromatic nitrogens is 5. The summed E-state index contributed by atoms with van der Waals surface area (Å²) in [5.74, 6) is 1.49. The van der Waals surface area contributed by atoms with Gasteiger partial charge in [0.25, 0.3) is 5.56 Å². The zero-order valence-electron chi connectivity index (χ0n) is 12.3. The number of aryl methyl sites for hydroxylation is 2. The van der Waals surface area contributed by atoms with Crippen LogP contribution in [0.5, 0.6) is 0 Å². The summed E-state index contributed by atoms with van der Waals surface area (Å²) < 4.78 is 3.81. The average molecular weight is 285 g/mol. The number of rotatable bonds is 5. The fourth-order valence-electron chi connectivity index (χ4n) is 2.55. The van der Waals surface area contributed by atoms with E-state index in [2.05, 4.69) is 33.4 Å². The van der Waals surface area contributed by atoms with Crippen LogP contribution in [0.15, 0.2) is 35.8 Å². The first-order valence-electron chi connectivity index (χ1n) is 7.20. The second-order valence-corrected chi connectivity index (χ2v) is 5.47. The lowest BCUT2D eigenvalue weighted by Crippen LogP contribution is -2.21. The number of hydrogen-bond acceptors (Lipinski definition) is 3. The van der Waals surface area contributed by atoms with E-state index in [1.807, 2.05) is 18.5 Å². The van der Waals surface area contributed by atoms with Crippen molar-refractivity contribution in [3.8, 4) is 0 Å². The third-order valence-corrected chi connectivity index (χ3v) is 3.60. The van der Waals surface area contributed by atoms with Gasteiger partial charge in [0.05, 0.1) is 11.8 Å². The van der Waals surface area contributed by atoms with Gasteiger partial charge >= 0.3 is 0 Å². The van der Waals surface area contributed by atoms with Gasteiger partial charge < -0.3 is 9.55 Å². The van der Waals surface area contributed by atoms with E-state index in [0.29, 0.717) is 23.5 Å². The molecule has 0 atom stereocenters. The number of fused-ring (bicyclic) bond motifs is 1. The molecule has 0 fully saturated rings. The number of imidazole rings is 1. The molecule has 110 valence electrons. The lowest BCUT2D eigenvalue weighted by molar-refractivity contribution is 0.528. The van der Waals surface area contributed by atoms with Crippen LogP contribution in [-0.2, 0) is 13.1 Å². The molecule has 0 unspecified atom stereocenters. The number of nitrogens with zero attached hydrogens (tertiary/aromatic N) is 4. The van der Waals surface area contributed by atoms with Crippen molar-refractivity contribution in [3.63, 3.8) is 0 Å². The molecule has 0 saturated heterocycles. The highest BCUT2D eigenvalue weighted by Gasteiger charge is 2.08. The van der Waals surface area contributed by atoms with Crippen molar-refractivity contribution >= 4 is 11.0 Å². The lowest BCUT2D eigenvalue weighted by Gasteiger charge is -2.10. The van der Waals surface area contributed by atoms with Gasteiger partial charge in [-0.3, -0.25) is 9.36 Å². The van der Waals surface area contributed by atoms with Crippen molar-refractivity contribution in [1.29, 1.82) is 0 Å². The Balaban J connectivity index is 1.71. The Labute approximate surface area is 122 Å². The smallest absolute Gasteiger partial charge is 0.277 e. The molecule has 6 heteroatoms. The second-order valence-electron chi connectivity index (χ2n) is 5.47. The summed E-state index contributed by atoms with van der Waals surface area (Å²) in [5, 5.41) is 0. The van der Waals surface area contributed by atoms with E-state index in [1.54, 1.807) is 17.1 Å². The molecule has 0 aliphatic rings. The van der Waals surface area contributed by atoms with Crippen LogP contribution in [0.2, 0.25) is 0 Å². The Bertz CT molecular complexity index is 796. The minimum atomic E-state index is -0.0142. The maximum Gasteiger partial charge on any atom is 0.277 e. The van der Waals surface area contributed by atoms with E-state index >= 15 is 0 Å². The molecule has 3 aromatic heterocycles. The van der Waals surface area contributed by atoms with Crippen LogP contribution < -0.4 is 5.56 Å². The van der Waals surface area contributed by atoms with Crippen molar-refractivity contribution in [3.05, 3.63) is 47.2 Å². The Hall–Kier alpha value is -2.37. The summed E-state index contributed by atoms with van der Waals surface area (Å²) in [6, 6.07) is 1.81. The molecule has 3 aromatic rings. The molecule has 0 spiro atoms. The third-order valence-electron chi connectivity index (χ3n) is 3.60. The molecule has 6 nitrogen and oxygen atoms in total. The maximum atomic E-state index is 12.2. The fraction of sp³-hybridized carbons (Fsp3) is 0.400. The van der Waals surface area contributed by atoms with Crippen LogP contribution in [0.4, 0.5) is 0 Å². The van der Waals surface area contributed by atoms with Crippen LogP contribution in [0.25, 0.3) is 11.0 Å². The summed E-state index contributed by atoms with van der Waals surface area (Å²) in [5.41, 5.74) is 1.27. The van der Waals surface area contributed by atoms with Crippen molar-refractivity contribution in [2.45, 2.75) is 39.3 Å². The van der Waals surface area contributed by atoms with Crippen LogP contribution in [0.3, 0.4) is 0 Å². The van der Waals surface area contributed by atoms with Gasteiger partial charge in [-0.1, -0.05) is 13.8 Å². The molecule has 0 aliphatic heterocycles. The Morgan fingerprint density at radius 3 is 2.86 bits per heavy atom. The number of hydrogen-bond donors (Lipinski definition) is 1. The molecular formula is C15H19N5O. The average Bonchev–Trinajstić information content (AvgIpc) is 3.10. The lowest BCUT2D eigenvalue weighted by atomic mass is 10.2. The summed E-state index contributed by atoms with van der Waals surface area (Å²) >= 11 is 0. The maximum absolute atomic E-state index is 12.2. The zero-order chi connectivity index (χ0) is 14.8. The third kappa shape index (κ3) is 2.61. The first-order chi connectivity index (χ1) is 10.2. The predicted molar refractivity (Wildman–Crippen MR) is 81.3 cm³/mol. The molecule has 0 aromatic carbocycles. The first-order valence-corrected chi connectivity index (χ1v) is 7.20. The molecule has 0 amide bonds. The van der Waals surface area contributed by atoms with E-state index in [4.69, 9.17) is 0 Å². The van der Waals surface area contributed by atoms with Gasteiger partial charge in [0.2, 0.25) is 0 Å². The number of nitrogens with one attached hydrogen (secondary N) is 1. The Kier molecular flexibility index (Phi) is 3.60. The minimum Gasteiger partial charge on any atom is -0.355 e. The minimum absolute atomic E-state index is 0.0142.